The highest BCUT2D eigenvalue weighted by Gasteiger charge is 2.28. The minimum atomic E-state index is 0.112. The Balaban J connectivity index is 1.39. The lowest BCUT2D eigenvalue weighted by Gasteiger charge is -2.31. The molecule has 0 N–H and O–H groups in total. The van der Waals surface area contributed by atoms with Crippen molar-refractivity contribution in [2.24, 2.45) is 0 Å². The quantitative estimate of drug-likeness (QED) is 0.696. The predicted molar refractivity (Wildman–Crippen MR) is 90.4 cm³/mol. The molecular weight excluding hydrogens is 334 g/mol. The van der Waals surface area contributed by atoms with Crippen molar-refractivity contribution in [2.45, 2.75) is 32.1 Å². The van der Waals surface area contributed by atoms with Crippen LogP contribution in [0.15, 0.2) is 35.1 Å². The molecule has 1 saturated heterocycles. The summed E-state index contributed by atoms with van der Waals surface area (Å²) in [5, 5.41) is 14.9. The maximum atomic E-state index is 12.7. The fraction of sp³-hybridized carbons (Fsp3) is 0.412. The van der Waals surface area contributed by atoms with E-state index in [-0.39, 0.29) is 11.8 Å². The minimum absolute atomic E-state index is 0.112. The number of piperidine rings is 1. The highest BCUT2D eigenvalue weighted by Crippen LogP contribution is 2.26. The fourth-order valence-corrected chi connectivity index (χ4v) is 3.22. The topological polar surface area (TPSA) is 103 Å². The molecular formula is C17H19N7O2. The van der Waals surface area contributed by atoms with E-state index in [1.165, 1.54) is 6.33 Å². The van der Waals surface area contributed by atoms with Gasteiger partial charge in [0.05, 0.1) is 18.0 Å². The molecule has 0 spiro atoms. The van der Waals surface area contributed by atoms with Crippen LogP contribution in [-0.4, -0.2) is 54.2 Å². The lowest BCUT2D eigenvalue weighted by Crippen LogP contribution is -2.40. The van der Waals surface area contributed by atoms with E-state index in [0.29, 0.717) is 24.7 Å². The number of carbonyl (C=O) groups is 1. The number of amides is 1. The molecule has 134 valence electrons. The van der Waals surface area contributed by atoms with Gasteiger partial charge in [-0.1, -0.05) is 17.3 Å². The summed E-state index contributed by atoms with van der Waals surface area (Å²) in [5.74, 6) is 1.49. The van der Waals surface area contributed by atoms with Crippen LogP contribution in [0.4, 0.5) is 0 Å². The Kier molecular flexibility index (Phi) is 4.42. The van der Waals surface area contributed by atoms with Crippen LogP contribution in [0, 0.1) is 6.92 Å². The van der Waals surface area contributed by atoms with E-state index >= 15 is 0 Å². The van der Waals surface area contributed by atoms with Crippen LogP contribution in [-0.2, 0) is 11.2 Å². The standard InChI is InChI=1S/C17H19N7O2/c1-12-19-17(26-20-12)14-3-2-8-23(10-14)16(25)9-13-4-6-15(7-5-13)24-11-18-21-22-24/h4-7,11,14H,2-3,8-10H2,1H3. The van der Waals surface area contributed by atoms with Gasteiger partial charge in [-0.25, -0.2) is 4.68 Å². The Labute approximate surface area is 150 Å². The largest absolute Gasteiger partial charge is 0.342 e. The van der Waals surface area contributed by atoms with Crippen LogP contribution in [0.5, 0.6) is 0 Å². The third-order valence-electron chi connectivity index (χ3n) is 4.57. The van der Waals surface area contributed by atoms with Crippen molar-refractivity contribution in [2.75, 3.05) is 13.1 Å². The van der Waals surface area contributed by atoms with E-state index in [9.17, 15) is 4.79 Å². The van der Waals surface area contributed by atoms with Gasteiger partial charge in [0.15, 0.2) is 5.82 Å². The third-order valence-corrected chi connectivity index (χ3v) is 4.57. The molecule has 0 radical (unpaired) electrons. The monoisotopic (exact) mass is 353 g/mol. The van der Waals surface area contributed by atoms with Gasteiger partial charge >= 0.3 is 0 Å². The first-order valence-corrected chi connectivity index (χ1v) is 8.59. The summed E-state index contributed by atoms with van der Waals surface area (Å²) in [6.07, 6.45) is 3.81. The van der Waals surface area contributed by atoms with Gasteiger partial charge in [0, 0.05) is 13.1 Å². The van der Waals surface area contributed by atoms with Gasteiger partial charge in [-0.05, 0) is 47.9 Å². The first kappa shape index (κ1) is 16.4. The molecule has 9 nitrogen and oxygen atoms in total. The number of nitrogens with zero attached hydrogens (tertiary/aromatic N) is 7. The number of likely N-dealkylation sites (tertiary alicyclic amines) is 1. The number of hydrogen-bond donors (Lipinski definition) is 0. The molecule has 3 aromatic rings. The minimum Gasteiger partial charge on any atom is -0.342 e. The Hall–Kier alpha value is -3.10. The number of aromatic nitrogens is 6. The summed E-state index contributed by atoms with van der Waals surface area (Å²) >= 11 is 0. The lowest BCUT2D eigenvalue weighted by molar-refractivity contribution is -0.131. The Morgan fingerprint density at radius 1 is 1.31 bits per heavy atom. The molecule has 3 heterocycles. The fourth-order valence-electron chi connectivity index (χ4n) is 3.22. The first-order chi connectivity index (χ1) is 12.7. The van der Waals surface area contributed by atoms with Crippen molar-refractivity contribution in [3.8, 4) is 5.69 Å². The average Bonchev–Trinajstić information content (AvgIpc) is 3.34. The maximum absolute atomic E-state index is 12.7. The molecule has 1 atom stereocenters. The number of tetrazole rings is 1. The SMILES string of the molecule is Cc1noc(C2CCCN(C(=O)Cc3ccc(-n4cnnn4)cc3)C2)n1. The molecule has 9 heteroatoms. The number of aryl methyl sites for hydroxylation is 1. The zero-order valence-corrected chi connectivity index (χ0v) is 14.4. The Morgan fingerprint density at radius 2 is 2.15 bits per heavy atom. The third kappa shape index (κ3) is 3.46. The van der Waals surface area contributed by atoms with Gasteiger partial charge in [0.25, 0.3) is 0 Å². The normalized spacial score (nSPS) is 17.4. The van der Waals surface area contributed by atoms with Crippen LogP contribution >= 0.6 is 0 Å². The number of benzene rings is 1. The summed E-state index contributed by atoms with van der Waals surface area (Å²) in [6.45, 7) is 3.20. The smallest absolute Gasteiger partial charge is 0.231 e. The summed E-state index contributed by atoms with van der Waals surface area (Å²) < 4.78 is 6.86. The van der Waals surface area contributed by atoms with Crippen molar-refractivity contribution in [1.82, 2.24) is 35.2 Å². The summed E-state index contributed by atoms with van der Waals surface area (Å²) in [6, 6.07) is 7.66. The summed E-state index contributed by atoms with van der Waals surface area (Å²) in [4.78, 5) is 18.9. The first-order valence-electron chi connectivity index (χ1n) is 8.59. The van der Waals surface area contributed by atoms with Crippen LogP contribution < -0.4 is 0 Å². The molecule has 1 amide bonds. The van der Waals surface area contributed by atoms with Crippen LogP contribution in [0.1, 0.15) is 36.0 Å². The molecule has 0 aliphatic carbocycles. The molecule has 1 aliphatic rings. The highest BCUT2D eigenvalue weighted by atomic mass is 16.5. The predicted octanol–water partition coefficient (Wildman–Crippen LogP) is 1.30. The molecule has 2 aromatic heterocycles. The zero-order valence-electron chi connectivity index (χ0n) is 14.4. The number of carbonyl (C=O) groups excluding carboxylic acids is 1. The van der Waals surface area contributed by atoms with E-state index < -0.39 is 0 Å². The van der Waals surface area contributed by atoms with Gasteiger partial charge in [0.2, 0.25) is 11.8 Å². The number of rotatable bonds is 4. The zero-order chi connectivity index (χ0) is 17.9. The summed E-state index contributed by atoms with van der Waals surface area (Å²) in [5.41, 5.74) is 1.82. The lowest BCUT2D eigenvalue weighted by atomic mass is 9.97. The second kappa shape index (κ2) is 7.03. The van der Waals surface area contributed by atoms with Gasteiger partial charge in [-0.2, -0.15) is 4.98 Å². The van der Waals surface area contributed by atoms with Gasteiger partial charge < -0.3 is 9.42 Å². The second-order valence-corrected chi connectivity index (χ2v) is 6.46. The van der Waals surface area contributed by atoms with E-state index in [1.54, 1.807) is 11.6 Å². The van der Waals surface area contributed by atoms with E-state index in [0.717, 1.165) is 30.6 Å². The van der Waals surface area contributed by atoms with Gasteiger partial charge in [0.1, 0.15) is 6.33 Å². The van der Waals surface area contributed by atoms with Crippen LogP contribution in [0.2, 0.25) is 0 Å². The Morgan fingerprint density at radius 3 is 2.85 bits per heavy atom. The molecule has 1 aromatic carbocycles. The van der Waals surface area contributed by atoms with Crippen LogP contribution in [0.25, 0.3) is 5.69 Å². The molecule has 1 unspecified atom stereocenters. The van der Waals surface area contributed by atoms with Crippen molar-refractivity contribution >= 4 is 5.91 Å². The molecule has 26 heavy (non-hydrogen) atoms. The van der Waals surface area contributed by atoms with Crippen molar-refractivity contribution in [3.63, 3.8) is 0 Å². The van der Waals surface area contributed by atoms with Crippen molar-refractivity contribution in [1.29, 1.82) is 0 Å². The molecule has 0 bridgehead atoms. The molecule has 1 aliphatic heterocycles. The second-order valence-electron chi connectivity index (χ2n) is 6.46. The van der Waals surface area contributed by atoms with Crippen LogP contribution in [0.3, 0.4) is 0 Å². The average molecular weight is 353 g/mol. The molecule has 1 fully saturated rings. The van der Waals surface area contributed by atoms with E-state index in [2.05, 4.69) is 25.7 Å². The highest BCUT2D eigenvalue weighted by molar-refractivity contribution is 5.79. The Bertz CT molecular complexity index is 873. The summed E-state index contributed by atoms with van der Waals surface area (Å²) in [7, 11) is 0. The van der Waals surface area contributed by atoms with Gasteiger partial charge in [-0.15, -0.1) is 5.10 Å². The van der Waals surface area contributed by atoms with Crippen molar-refractivity contribution < 1.29 is 9.32 Å². The maximum Gasteiger partial charge on any atom is 0.231 e. The van der Waals surface area contributed by atoms with E-state index in [1.807, 2.05) is 29.2 Å². The molecule has 4 rings (SSSR count). The number of hydrogen-bond acceptors (Lipinski definition) is 7. The van der Waals surface area contributed by atoms with Crippen molar-refractivity contribution in [3.05, 3.63) is 47.9 Å². The van der Waals surface area contributed by atoms with E-state index in [4.69, 9.17) is 4.52 Å². The van der Waals surface area contributed by atoms with Gasteiger partial charge in [-0.3, -0.25) is 4.79 Å². The molecule has 0 saturated carbocycles.